The number of nitrogens with zero attached hydrogens (tertiary/aromatic N) is 4. The molecule has 1 atom stereocenters. The van der Waals surface area contributed by atoms with Crippen LogP contribution in [0.15, 0.2) is 12.3 Å². The molecule has 0 aromatic carbocycles. The number of likely N-dealkylation sites (tertiary alicyclic amines) is 1. The number of hydrogen-bond donors (Lipinski definition) is 1. The predicted molar refractivity (Wildman–Crippen MR) is 91.4 cm³/mol. The lowest BCUT2D eigenvalue weighted by atomic mass is 10.1. The molecule has 24 heavy (non-hydrogen) atoms. The number of nitrogens with one attached hydrogen (secondary N) is 1. The van der Waals surface area contributed by atoms with Crippen molar-refractivity contribution in [2.75, 3.05) is 18.4 Å². The van der Waals surface area contributed by atoms with Gasteiger partial charge in [0.15, 0.2) is 5.65 Å². The van der Waals surface area contributed by atoms with E-state index < -0.39 is 0 Å². The highest BCUT2D eigenvalue weighted by Crippen LogP contribution is 2.23. The van der Waals surface area contributed by atoms with Crippen molar-refractivity contribution >= 4 is 28.5 Å². The van der Waals surface area contributed by atoms with E-state index in [-0.39, 0.29) is 24.2 Å². The van der Waals surface area contributed by atoms with E-state index in [0.717, 1.165) is 16.7 Å². The van der Waals surface area contributed by atoms with Gasteiger partial charge in [0, 0.05) is 31.9 Å². The average Bonchev–Trinajstić information content (AvgIpc) is 3.00. The van der Waals surface area contributed by atoms with Crippen molar-refractivity contribution in [3.8, 4) is 0 Å². The number of anilines is 1. The van der Waals surface area contributed by atoms with Crippen LogP contribution < -0.4 is 5.32 Å². The molecular formula is C17H23N5O2. The molecule has 1 saturated heterocycles. The zero-order valence-electron chi connectivity index (χ0n) is 14.5. The third-order valence-electron chi connectivity index (χ3n) is 4.30. The average molecular weight is 329 g/mol. The van der Waals surface area contributed by atoms with E-state index >= 15 is 0 Å². The van der Waals surface area contributed by atoms with Crippen molar-refractivity contribution in [1.29, 1.82) is 0 Å². The Morgan fingerprint density at radius 2 is 2.21 bits per heavy atom. The van der Waals surface area contributed by atoms with Crippen LogP contribution in [-0.2, 0) is 16.6 Å². The number of carbonyl (C=O) groups is 2. The highest BCUT2D eigenvalue weighted by atomic mass is 16.2. The molecule has 2 aromatic rings. The van der Waals surface area contributed by atoms with Crippen molar-refractivity contribution in [1.82, 2.24) is 19.7 Å². The summed E-state index contributed by atoms with van der Waals surface area (Å²) >= 11 is 0. The fourth-order valence-corrected chi connectivity index (χ4v) is 3.19. The molecule has 128 valence electrons. The summed E-state index contributed by atoms with van der Waals surface area (Å²) in [6.07, 6.45) is 1.91. The highest BCUT2D eigenvalue weighted by molar-refractivity contribution is 5.98. The maximum atomic E-state index is 12.5. The van der Waals surface area contributed by atoms with Crippen LogP contribution in [0.2, 0.25) is 0 Å². The monoisotopic (exact) mass is 329 g/mol. The highest BCUT2D eigenvalue weighted by Gasteiger charge is 2.34. The van der Waals surface area contributed by atoms with Gasteiger partial charge in [0.05, 0.1) is 23.5 Å². The minimum absolute atomic E-state index is 0.0560. The molecule has 1 N–H and O–H groups in total. The Bertz CT molecular complexity index is 796. The Labute approximate surface area is 141 Å². The summed E-state index contributed by atoms with van der Waals surface area (Å²) in [7, 11) is 1.84. The summed E-state index contributed by atoms with van der Waals surface area (Å²) in [4.78, 5) is 30.6. The fourth-order valence-electron chi connectivity index (χ4n) is 3.19. The molecule has 3 heterocycles. The zero-order chi connectivity index (χ0) is 17.4. The van der Waals surface area contributed by atoms with Crippen LogP contribution in [0.1, 0.15) is 26.0 Å². The quantitative estimate of drug-likeness (QED) is 0.926. The largest absolute Gasteiger partial charge is 0.342 e. The lowest BCUT2D eigenvalue weighted by molar-refractivity contribution is -0.128. The third-order valence-corrected chi connectivity index (χ3v) is 4.30. The van der Waals surface area contributed by atoms with Crippen molar-refractivity contribution < 1.29 is 9.59 Å². The fraction of sp³-hybridized carbons (Fsp3) is 0.529. The van der Waals surface area contributed by atoms with E-state index in [1.165, 1.54) is 0 Å². The van der Waals surface area contributed by atoms with Crippen LogP contribution in [0.3, 0.4) is 0 Å². The first-order valence-electron chi connectivity index (χ1n) is 8.23. The number of fused-ring (bicyclic) bond motifs is 1. The molecule has 1 fully saturated rings. The third kappa shape index (κ3) is 3.11. The molecule has 0 unspecified atom stereocenters. The Hall–Kier alpha value is -2.44. The predicted octanol–water partition coefficient (Wildman–Crippen LogP) is 1.72. The van der Waals surface area contributed by atoms with E-state index in [0.29, 0.717) is 24.7 Å². The first kappa shape index (κ1) is 16.4. The Kier molecular flexibility index (Phi) is 4.26. The second-order valence-electron chi connectivity index (χ2n) is 6.89. The summed E-state index contributed by atoms with van der Waals surface area (Å²) in [5.74, 6) is 0.0238. The molecule has 0 saturated carbocycles. The smallest absolute Gasteiger partial charge is 0.229 e. The molecule has 7 heteroatoms. The molecule has 0 spiro atoms. The van der Waals surface area contributed by atoms with Crippen molar-refractivity contribution in [3.05, 3.63) is 18.0 Å². The standard InChI is InChI=1S/C17H23N5O2/c1-10(2)8-22-9-12(5-15(22)23)17(24)19-13-6-14-11(3)20-21(4)16(14)18-7-13/h6-7,10,12H,5,8-9H2,1-4H3,(H,19,24)/t12-/m0/s1. The number of hydrogen-bond acceptors (Lipinski definition) is 4. The van der Waals surface area contributed by atoms with Gasteiger partial charge in [-0.1, -0.05) is 13.8 Å². The molecule has 2 aromatic heterocycles. The summed E-state index contributed by atoms with van der Waals surface area (Å²) in [5.41, 5.74) is 2.29. The van der Waals surface area contributed by atoms with Crippen molar-refractivity contribution in [3.63, 3.8) is 0 Å². The Morgan fingerprint density at radius 3 is 2.92 bits per heavy atom. The van der Waals surface area contributed by atoms with Gasteiger partial charge in [0.25, 0.3) is 0 Å². The second kappa shape index (κ2) is 6.22. The van der Waals surface area contributed by atoms with E-state index in [1.54, 1.807) is 15.8 Å². The topological polar surface area (TPSA) is 80.1 Å². The molecular weight excluding hydrogens is 306 g/mol. The number of aryl methyl sites for hydroxylation is 2. The normalized spacial score (nSPS) is 18.0. The van der Waals surface area contributed by atoms with Crippen molar-refractivity contribution in [2.24, 2.45) is 18.9 Å². The second-order valence-corrected chi connectivity index (χ2v) is 6.89. The summed E-state index contributed by atoms with van der Waals surface area (Å²) in [6, 6.07) is 1.88. The van der Waals surface area contributed by atoms with Crippen LogP contribution >= 0.6 is 0 Å². The van der Waals surface area contributed by atoms with Gasteiger partial charge in [-0.2, -0.15) is 5.10 Å². The van der Waals surface area contributed by atoms with Crippen LogP contribution in [0.25, 0.3) is 11.0 Å². The van der Waals surface area contributed by atoms with Gasteiger partial charge >= 0.3 is 0 Å². The molecule has 1 aliphatic heterocycles. The summed E-state index contributed by atoms with van der Waals surface area (Å²) in [6.45, 7) is 7.24. The van der Waals surface area contributed by atoms with Gasteiger partial charge in [-0.25, -0.2) is 4.98 Å². The molecule has 0 bridgehead atoms. The first-order chi connectivity index (χ1) is 11.3. The van der Waals surface area contributed by atoms with Gasteiger partial charge in [0.2, 0.25) is 11.8 Å². The van der Waals surface area contributed by atoms with E-state index in [9.17, 15) is 9.59 Å². The number of amides is 2. The molecule has 3 rings (SSSR count). The summed E-state index contributed by atoms with van der Waals surface area (Å²) in [5, 5.41) is 8.13. The lowest BCUT2D eigenvalue weighted by Crippen LogP contribution is -2.31. The molecule has 2 amide bonds. The number of aromatic nitrogens is 3. The van der Waals surface area contributed by atoms with Gasteiger partial charge < -0.3 is 10.2 Å². The number of pyridine rings is 1. The molecule has 1 aliphatic rings. The van der Waals surface area contributed by atoms with Crippen molar-refractivity contribution in [2.45, 2.75) is 27.2 Å². The minimum Gasteiger partial charge on any atom is -0.342 e. The number of rotatable bonds is 4. The van der Waals surface area contributed by atoms with Gasteiger partial charge in [-0.15, -0.1) is 0 Å². The molecule has 0 radical (unpaired) electrons. The Balaban J connectivity index is 1.71. The first-order valence-corrected chi connectivity index (χ1v) is 8.23. The Morgan fingerprint density at radius 1 is 1.46 bits per heavy atom. The lowest BCUT2D eigenvalue weighted by Gasteiger charge is -2.18. The van der Waals surface area contributed by atoms with Crippen LogP contribution in [0.5, 0.6) is 0 Å². The number of carbonyl (C=O) groups excluding carboxylic acids is 2. The maximum Gasteiger partial charge on any atom is 0.229 e. The summed E-state index contributed by atoms with van der Waals surface area (Å²) < 4.78 is 1.72. The molecule has 0 aliphatic carbocycles. The van der Waals surface area contributed by atoms with E-state index in [2.05, 4.69) is 29.2 Å². The molecule has 7 nitrogen and oxygen atoms in total. The van der Waals surface area contributed by atoms with E-state index in [4.69, 9.17) is 0 Å². The van der Waals surface area contributed by atoms with E-state index in [1.807, 2.05) is 20.0 Å². The minimum atomic E-state index is -0.304. The van der Waals surface area contributed by atoms with Gasteiger partial charge in [0.1, 0.15) is 0 Å². The van der Waals surface area contributed by atoms with Gasteiger partial charge in [-0.05, 0) is 18.9 Å². The van der Waals surface area contributed by atoms with Crippen LogP contribution in [-0.4, -0.2) is 44.6 Å². The SMILES string of the molecule is Cc1nn(C)c2ncc(NC(=O)[C@H]3CC(=O)N(CC(C)C)C3)cc12. The maximum absolute atomic E-state index is 12.5. The van der Waals surface area contributed by atoms with Gasteiger partial charge in [-0.3, -0.25) is 14.3 Å². The van der Waals surface area contributed by atoms with Crippen LogP contribution in [0.4, 0.5) is 5.69 Å². The van der Waals surface area contributed by atoms with Crippen LogP contribution in [0, 0.1) is 18.8 Å². The zero-order valence-corrected chi connectivity index (χ0v) is 14.5.